The lowest BCUT2D eigenvalue weighted by Gasteiger charge is -2.26. The van der Waals surface area contributed by atoms with Crippen molar-refractivity contribution in [3.63, 3.8) is 0 Å². The van der Waals surface area contributed by atoms with Gasteiger partial charge in [-0.2, -0.15) is 4.31 Å². The lowest BCUT2D eigenvalue weighted by atomic mass is 10.3. The minimum Gasteiger partial charge on any atom is -0.495 e. The molecule has 1 aliphatic rings. The van der Waals surface area contributed by atoms with Gasteiger partial charge in [-0.3, -0.25) is 10.1 Å². The SMILES string of the molecule is COc1ccc([N+](=O)[O-])cc1S(=O)(=O)N1CCOCC1. The summed E-state index contributed by atoms with van der Waals surface area (Å²) in [6.07, 6.45) is 0. The van der Waals surface area contributed by atoms with Crippen LogP contribution in [-0.4, -0.2) is 51.1 Å². The largest absolute Gasteiger partial charge is 0.495 e. The average molecular weight is 302 g/mol. The molecule has 1 heterocycles. The van der Waals surface area contributed by atoms with E-state index in [4.69, 9.17) is 9.47 Å². The molecule has 0 radical (unpaired) electrons. The summed E-state index contributed by atoms with van der Waals surface area (Å²) in [5.41, 5.74) is -0.294. The zero-order valence-corrected chi connectivity index (χ0v) is 11.6. The van der Waals surface area contributed by atoms with E-state index in [0.717, 1.165) is 6.07 Å². The highest BCUT2D eigenvalue weighted by Crippen LogP contribution is 2.30. The second kappa shape index (κ2) is 5.73. The number of benzene rings is 1. The lowest BCUT2D eigenvalue weighted by Crippen LogP contribution is -2.40. The zero-order valence-electron chi connectivity index (χ0n) is 10.8. The third-order valence-corrected chi connectivity index (χ3v) is 4.87. The molecule has 1 aromatic rings. The first-order valence-corrected chi connectivity index (χ1v) is 7.31. The van der Waals surface area contributed by atoms with Crippen LogP contribution in [0.15, 0.2) is 23.1 Å². The van der Waals surface area contributed by atoms with Gasteiger partial charge in [-0.05, 0) is 6.07 Å². The fourth-order valence-corrected chi connectivity index (χ4v) is 3.49. The van der Waals surface area contributed by atoms with E-state index in [1.54, 1.807) is 0 Å². The van der Waals surface area contributed by atoms with Crippen molar-refractivity contribution < 1.29 is 22.8 Å². The summed E-state index contributed by atoms with van der Waals surface area (Å²) in [7, 11) is -2.52. The van der Waals surface area contributed by atoms with Gasteiger partial charge >= 0.3 is 0 Å². The molecule has 1 aliphatic heterocycles. The number of nitro groups is 1. The normalized spacial score (nSPS) is 16.9. The first-order valence-electron chi connectivity index (χ1n) is 5.87. The Balaban J connectivity index is 2.48. The van der Waals surface area contributed by atoms with E-state index in [-0.39, 0.29) is 29.4 Å². The monoisotopic (exact) mass is 302 g/mol. The quantitative estimate of drug-likeness (QED) is 0.597. The fourth-order valence-electron chi connectivity index (χ4n) is 1.91. The molecule has 2 rings (SSSR count). The predicted octanol–water partition coefficient (Wildman–Crippen LogP) is 0.624. The summed E-state index contributed by atoms with van der Waals surface area (Å²) in [6.45, 7) is 1.04. The molecule has 1 fully saturated rings. The number of hydrogen-bond donors (Lipinski definition) is 0. The van der Waals surface area contributed by atoms with Crippen LogP contribution in [0, 0.1) is 10.1 Å². The minimum atomic E-state index is -3.84. The van der Waals surface area contributed by atoms with E-state index < -0.39 is 14.9 Å². The van der Waals surface area contributed by atoms with Gasteiger partial charge in [0.25, 0.3) is 5.69 Å². The van der Waals surface area contributed by atoms with Gasteiger partial charge in [0.05, 0.1) is 25.2 Å². The number of rotatable bonds is 4. The molecular weight excluding hydrogens is 288 g/mol. The van der Waals surface area contributed by atoms with E-state index in [9.17, 15) is 18.5 Å². The number of hydrogen-bond acceptors (Lipinski definition) is 6. The number of sulfonamides is 1. The molecule has 0 unspecified atom stereocenters. The van der Waals surface area contributed by atoms with Gasteiger partial charge in [-0.1, -0.05) is 0 Å². The second-order valence-corrected chi connectivity index (χ2v) is 6.02. The first kappa shape index (κ1) is 14.7. The number of methoxy groups -OCH3 is 1. The molecule has 0 saturated carbocycles. The van der Waals surface area contributed by atoms with Gasteiger partial charge in [0.15, 0.2) is 0 Å². The molecule has 1 saturated heterocycles. The molecule has 0 spiro atoms. The molecular formula is C11H14N2O6S. The zero-order chi connectivity index (χ0) is 14.8. The molecule has 0 N–H and O–H groups in total. The molecule has 110 valence electrons. The van der Waals surface area contributed by atoms with Crippen molar-refractivity contribution in [1.29, 1.82) is 0 Å². The number of ether oxygens (including phenoxy) is 2. The molecule has 0 amide bonds. The van der Waals surface area contributed by atoms with Crippen molar-refractivity contribution in [2.45, 2.75) is 4.90 Å². The Labute approximate surface area is 116 Å². The molecule has 9 heteroatoms. The van der Waals surface area contributed by atoms with Crippen LogP contribution < -0.4 is 4.74 Å². The maximum atomic E-state index is 12.5. The van der Waals surface area contributed by atoms with Crippen LogP contribution in [0.3, 0.4) is 0 Å². The van der Waals surface area contributed by atoms with E-state index in [1.807, 2.05) is 0 Å². The van der Waals surface area contributed by atoms with Crippen LogP contribution in [0.4, 0.5) is 5.69 Å². The van der Waals surface area contributed by atoms with Gasteiger partial charge in [0, 0.05) is 25.2 Å². The highest BCUT2D eigenvalue weighted by Gasteiger charge is 2.30. The Morgan fingerprint density at radius 2 is 2.00 bits per heavy atom. The highest BCUT2D eigenvalue weighted by atomic mass is 32.2. The summed E-state index contributed by atoms with van der Waals surface area (Å²) < 4.78 is 36.4. The van der Waals surface area contributed by atoms with Gasteiger partial charge in [-0.15, -0.1) is 0 Å². The summed E-state index contributed by atoms with van der Waals surface area (Å²) in [6, 6.07) is 3.51. The number of morpholine rings is 1. The summed E-state index contributed by atoms with van der Waals surface area (Å²) in [4.78, 5) is 9.95. The van der Waals surface area contributed by atoms with E-state index in [0.29, 0.717) is 13.2 Å². The maximum Gasteiger partial charge on any atom is 0.271 e. The number of nitrogens with zero attached hydrogens (tertiary/aromatic N) is 2. The highest BCUT2D eigenvalue weighted by molar-refractivity contribution is 7.89. The van der Waals surface area contributed by atoms with E-state index in [2.05, 4.69) is 0 Å². The van der Waals surface area contributed by atoms with Crippen LogP contribution in [0.1, 0.15) is 0 Å². The Morgan fingerprint density at radius 3 is 2.55 bits per heavy atom. The van der Waals surface area contributed by atoms with Crippen molar-refractivity contribution in [2.24, 2.45) is 0 Å². The molecule has 20 heavy (non-hydrogen) atoms. The van der Waals surface area contributed by atoms with E-state index >= 15 is 0 Å². The predicted molar refractivity (Wildman–Crippen MR) is 69.2 cm³/mol. The van der Waals surface area contributed by atoms with Crippen molar-refractivity contribution in [3.8, 4) is 5.75 Å². The molecule has 0 aliphatic carbocycles. The maximum absolute atomic E-state index is 12.5. The number of nitro benzene ring substituents is 1. The fraction of sp³-hybridized carbons (Fsp3) is 0.455. The van der Waals surface area contributed by atoms with E-state index in [1.165, 1.54) is 23.5 Å². The van der Waals surface area contributed by atoms with Crippen LogP contribution in [0.2, 0.25) is 0 Å². The van der Waals surface area contributed by atoms with Gasteiger partial charge < -0.3 is 9.47 Å². The van der Waals surface area contributed by atoms with Crippen LogP contribution in [0.5, 0.6) is 5.75 Å². The van der Waals surface area contributed by atoms with Crippen molar-refractivity contribution >= 4 is 15.7 Å². The average Bonchev–Trinajstić information content (AvgIpc) is 2.47. The lowest BCUT2D eigenvalue weighted by molar-refractivity contribution is -0.385. The molecule has 1 aromatic carbocycles. The van der Waals surface area contributed by atoms with Gasteiger partial charge in [0.1, 0.15) is 10.6 Å². The summed E-state index contributed by atoms with van der Waals surface area (Å²) >= 11 is 0. The third kappa shape index (κ3) is 2.74. The Morgan fingerprint density at radius 1 is 1.35 bits per heavy atom. The van der Waals surface area contributed by atoms with Crippen LogP contribution in [-0.2, 0) is 14.8 Å². The standard InChI is InChI=1S/C11H14N2O6S/c1-18-10-3-2-9(13(14)15)8-11(10)20(16,17)12-4-6-19-7-5-12/h2-3,8H,4-7H2,1H3. The van der Waals surface area contributed by atoms with Crippen LogP contribution in [0.25, 0.3) is 0 Å². The minimum absolute atomic E-state index is 0.0853. The van der Waals surface area contributed by atoms with Gasteiger partial charge in [-0.25, -0.2) is 8.42 Å². The van der Waals surface area contributed by atoms with Gasteiger partial charge in [0.2, 0.25) is 10.0 Å². The summed E-state index contributed by atoms with van der Waals surface area (Å²) in [5.74, 6) is 0.0853. The van der Waals surface area contributed by atoms with Crippen molar-refractivity contribution in [1.82, 2.24) is 4.31 Å². The van der Waals surface area contributed by atoms with Crippen molar-refractivity contribution in [3.05, 3.63) is 28.3 Å². The molecule has 0 bridgehead atoms. The molecule has 0 aromatic heterocycles. The Kier molecular flexibility index (Phi) is 4.21. The van der Waals surface area contributed by atoms with Crippen LogP contribution >= 0.6 is 0 Å². The first-order chi connectivity index (χ1) is 9.46. The smallest absolute Gasteiger partial charge is 0.271 e. The van der Waals surface area contributed by atoms with Crippen molar-refractivity contribution in [2.75, 3.05) is 33.4 Å². The number of non-ortho nitro benzene ring substituents is 1. The second-order valence-electron chi connectivity index (χ2n) is 4.11. The molecule has 8 nitrogen and oxygen atoms in total. The topological polar surface area (TPSA) is 99.0 Å². The Bertz CT molecular complexity index is 609. The Hall–Kier alpha value is -1.71. The third-order valence-electron chi connectivity index (χ3n) is 2.95. The summed E-state index contributed by atoms with van der Waals surface area (Å²) in [5, 5.41) is 10.8. The molecule has 0 atom stereocenters.